The largest absolute Gasteiger partial charge is 0.454 e. The molecule has 0 saturated carbocycles. The van der Waals surface area contributed by atoms with Gasteiger partial charge in [-0.15, -0.1) is 0 Å². The van der Waals surface area contributed by atoms with Crippen LogP contribution in [0, 0.1) is 5.82 Å². The van der Waals surface area contributed by atoms with Crippen molar-refractivity contribution < 1.29 is 18.7 Å². The molecule has 1 N–H and O–H groups in total. The summed E-state index contributed by atoms with van der Waals surface area (Å²) < 4.78 is 24.2. The summed E-state index contributed by atoms with van der Waals surface area (Å²) in [5.41, 5.74) is 1.35. The lowest BCUT2D eigenvalue weighted by molar-refractivity contribution is -0.116. The molecule has 1 amide bonds. The Morgan fingerprint density at radius 2 is 2.12 bits per heavy atom. The number of thioether (sulfide) groups is 1. The summed E-state index contributed by atoms with van der Waals surface area (Å²) in [6, 6.07) is 10.1. The van der Waals surface area contributed by atoms with Gasteiger partial charge in [-0.2, -0.15) is 11.8 Å². The topological polar surface area (TPSA) is 47.6 Å². The van der Waals surface area contributed by atoms with E-state index in [1.54, 1.807) is 18.2 Å². The standard InChI is InChI=1S/C19H17ClFNO3S/c20-15-2-1-3-16(21)14(15)11-26-9-8-22-19(23)7-5-13-4-6-17-18(10-13)25-12-24-17/h1-7,10H,8-9,11-12H2,(H,22,23). The highest BCUT2D eigenvalue weighted by Crippen LogP contribution is 2.32. The smallest absolute Gasteiger partial charge is 0.244 e. The van der Waals surface area contributed by atoms with Crippen molar-refractivity contribution in [2.45, 2.75) is 5.75 Å². The van der Waals surface area contributed by atoms with Crippen molar-refractivity contribution in [3.63, 3.8) is 0 Å². The van der Waals surface area contributed by atoms with Crippen molar-refractivity contribution in [2.24, 2.45) is 0 Å². The highest BCUT2D eigenvalue weighted by molar-refractivity contribution is 7.98. The fraction of sp³-hybridized carbons (Fsp3) is 0.211. The van der Waals surface area contributed by atoms with E-state index in [1.807, 2.05) is 18.2 Å². The zero-order valence-electron chi connectivity index (χ0n) is 13.8. The van der Waals surface area contributed by atoms with E-state index in [1.165, 1.54) is 23.9 Å². The average molecular weight is 394 g/mol. The molecule has 1 aliphatic rings. The van der Waals surface area contributed by atoms with Gasteiger partial charge in [-0.1, -0.05) is 23.7 Å². The van der Waals surface area contributed by atoms with Gasteiger partial charge >= 0.3 is 0 Å². The maximum atomic E-state index is 13.6. The van der Waals surface area contributed by atoms with E-state index in [0.717, 1.165) is 5.56 Å². The van der Waals surface area contributed by atoms with Crippen molar-refractivity contribution in [3.05, 3.63) is 64.4 Å². The van der Waals surface area contributed by atoms with Gasteiger partial charge in [0.25, 0.3) is 0 Å². The second kappa shape index (κ2) is 8.96. The lowest BCUT2D eigenvalue weighted by atomic mass is 10.2. The van der Waals surface area contributed by atoms with E-state index in [0.29, 0.717) is 40.1 Å². The molecule has 1 aliphatic heterocycles. The maximum Gasteiger partial charge on any atom is 0.244 e. The number of benzene rings is 2. The minimum absolute atomic E-state index is 0.188. The monoisotopic (exact) mass is 393 g/mol. The first-order valence-electron chi connectivity index (χ1n) is 7.99. The second-order valence-corrected chi connectivity index (χ2v) is 7.00. The Morgan fingerprint density at radius 3 is 2.96 bits per heavy atom. The van der Waals surface area contributed by atoms with Crippen LogP contribution in [0.1, 0.15) is 11.1 Å². The van der Waals surface area contributed by atoms with Gasteiger partial charge < -0.3 is 14.8 Å². The van der Waals surface area contributed by atoms with Crippen LogP contribution in [-0.2, 0) is 10.5 Å². The minimum atomic E-state index is -0.305. The minimum Gasteiger partial charge on any atom is -0.454 e. The summed E-state index contributed by atoms with van der Waals surface area (Å²) in [4.78, 5) is 11.8. The van der Waals surface area contributed by atoms with Crippen LogP contribution in [0.4, 0.5) is 4.39 Å². The number of fused-ring (bicyclic) bond motifs is 1. The van der Waals surface area contributed by atoms with Crippen molar-refractivity contribution in [2.75, 3.05) is 19.1 Å². The average Bonchev–Trinajstić information content (AvgIpc) is 3.09. The Hall–Kier alpha value is -2.18. The van der Waals surface area contributed by atoms with Crippen LogP contribution < -0.4 is 14.8 Å². The third-order valence-electron chi connectivity index (χ3n) is 3.68. The molecule has 0 aromatic heterocycles. The molecule has 1 heterocycles. The van der Waals surface area contributed by atoms with E-state index >= 15 is 0 Å². The number of ether oxygens (including phenoxy) is 2. The number of nitrogens with one attached hydrogen (secondary N) is 1. The van der Waals surface area contributed by atoms with Gasteiger partial charge in [0, 0.05) is 34.7 Å². The summed E-state index contributed by atoms with van der Waals surface area (Å²) in [6.07, 6.45) is 3.18. The lowest BCUT2D eigenvalue weighted by Crippen LogP contribution is -2.23. The van der Waals surface area contributed by atoms with Crippen LogP contribution in [-0.4, -0.2) is 25.0 Å². The van der Waals surface area contributed by atoms with Crippen LogP contribution in [0.3, 0.4) is 0 Å². The third-order valence-corrected chi connectivity index (χ3v) is 5.02. The summed E-state index contributed by atoms with van der Waals surface area (Å²) in [6.45, 7) is 0.708. The molecule has 0 atom stereocenters. The lowest BCUT2D eigenvalue weighted by Gasteiger charge is -2.06. The molecule has 3 rings (SSSR count). The normalized spacial score (nSPS) is 12.5. The van der Waals surface area contributed by atoms with Gasteiger partial charge in [0.2, 0.25) is 12.7 Å². The predicted molar refractivity (Wildman–Crippen MR) is 102 cm³/mol. The molecule has 2 aromatic carbocycles. The summed E-state index contributed by atoms with van der Waals surface area (Å²) in [5.74, 6) is 2.02. The van der Waals surface area contributed by atoms with Gasteiger partial charge in [-0.25, -0.2) is 4.39 Å². The zero-order chi connectivity index (χ0) is 18.4. The Bertz CT molecular complexity index is 808. The highest BCUT2D eigenvalue weighted by atomic mass is 35.5. The molecule has 0 saturated heterocycles. The molecule has 136 valence electrons. The number of hydrogen-bond donors (Lipinski definition) is 1. The number of rotatable bonds is 7. The molecule has 0 aliphatic carbocycles. The fourth-order valence-corrected chi connectivity index (χ4v) is 3.54. The molecule has 0 spiro atoms. The van der Waals surface area contributed by atoms with Gasteiger partial charge in [0.15, 0.2) is 11.5 Å². The van der Waals surface area contributed by atoms with Gasteiger partial charge in [0.1, 0.15) is 5.82 Å². The third kappa shape index (κ3) is 4.93. The highest BCUT2D eigenvalue weighted by Gasteiger charge is 2.12. The maximum absolute atomic E-state index is 13.6. The Labute approximate surface area is 160 Å². The molecule has 26 heavy (non-hydrogen) atoms. The van der Waals surface area contributed by atoms with Crippen molar-refractivity contribution >= 4 is 35.3 Å². The quantitative estimate of drug-likeness (QED) is 0.563. The molecular weight excluding hydrogens is 377 g/mol. The van der Waals surface area contributed by atoms with E-state index in [4.69, 9.17) is 21.1 Å². The molecule has 4 nitrogen and oxygen atoms in total. The van der Waals surface area contributed by atoms with Crippen molar-refractivity contribution in [3.8, 4) is 11.5 Å². The van der Waals surface area contributed by atoms with Crippen molar-refractivity contribution in [1.82, 2.24) is 5.32 Å². The van der Waals surface area contributed by atoms with Crippen LogP contribution in [0.5, 0.6) is 11.5 Å². The predicted octanol–water partition coefficient (Wildman–Crippen LogP) is 4.27. The molecule has 7 heteroatoms. The van der Waals surface area contributed by atoms with Crippen molar-refractivity contribution in [1.29, 1.82) is 0 Å². The van der Waals surface area contributed by atoms with Crippen LogP contribution in [0.2, 0.25) is 5.02 Å². The summed E-state index contributed by atoms with van der Waals surface area (Å²) in [7, 11) is 0. The summed E-state index contributed by atoms with van der Waals surface area (Å²) in [5, 5.41) is 3.22. The number of carbonyl (C=O) groups is 1. The first kappa shape index (κ1) is 18.6. The Balaban J connectivity index is 1.39. The Kier molecular flexibility index (Phi) is 6.41. The fourth-order valence-electron chi connectivity index (χ4n) is 2.34. The molecule has 0 bridgehead atoms. The molecule has 0 radical (unpaired) electrons. The number of hydrogen-bond acceptors (Lipinski definition) is 4. The SMILES string of the molecule is O=C(C=Cc1ccc2c(c1)OCO2)NCCSCc1c(F)cccc1Cl. The second-order valence-electron chi connectivity index (χ2n) is 5.49. The van der Waals surface area contributed by atoms with Crippen LogP contribution >= 0.6 is 23.4 Å². The number of carbonyl (C=O) groups excluding carboxylic acids is 1. The number of amides is 1. The van der Waals surface area contributed by atoms with E-state index in [2.05, 4.69) is 5.32 Å². The van der Waals surface area contributed by atoms with Crippen LogP contribution in [0.15, 0.2) is 42.5 Å². The number of halogens is 2. The summed E-state index contributed by atoms with van der Waals surface area (Å²) >= 11 is 7.49. The van der Waals surface area contributed by atoms with E-state index in [-0.39, 0.29) is 18.5 Å². The van der Waals surface area contributed by atoms with Gasteiger partial charge in [-0.3, -0.25) is 4.79 Å². The Morgan fingerprint density at radius 1 is 1.27 bits per heavy atom. The van der Waals surface area contributed by atoms with E-state index < -0.39 is 0 Å². The molecule has 0 unspecified atom stereocenters. The molecule has 2 aromatic rings. The first-order chi connectivity index (χ1) is 12.6. The zero-order valence-corrected chi connectivity index (χ0v) is 15.4. The van der Waals surface area contributed by atoms with Gasteiger partial charge in [0.05, 0.1) is 0 Å². The molecule has 0 fully saturated rings. The van der Waals surface area contributed by atoms with Crippen LogP contribution in [0.25, 0.3) is 6.08 Å². The van der Waals surface area contributed by atoms with Gasteiger partial charge in [-0.05, 0) is 35.9 Å². The van der Waals surface area contributed by atoms with E-state index in [9.17, 15) is 9.18 Å². The molecular formula is C19H17ClFNO3S. The first-order valence-corrected chi connectivity index (χ1v) is 9.53.